The Hall–Kier alpha value is -1.33. The third-order valence-electron chi connectivity index (χ3n) is 4.47. The van der Waals surface area contributed by atoms with Crippen LogP contribution in [0.5, 0.6) is 0 Å². The molecule has 0 bridgehead atoms. The number of nitrogens with one attached hydrogen (secondary N) is 1. The van der Waals surface area contributed by atoms with E-state index in [2.05, 4.69) is 5.32 Å². The third kappa shape index (κ3) is 3.66. The second kappa shape index (κ2) is 6.62. The van der Waals surface area contributed by atoms with E-state index in [9.17, 15) is 9.90 Å². The van der Waals surface area contributed by atoms with E-state index in [1.165, 1.54) is 6.26 Å². The van der Waals surface area contributed by atoms with Crippen LogP contribution in [0, 0.1) is 5.41 Å². The molecule has 1 amide bonds. The smallest absolute Gasteiger partial charge is 0.226 e. The Morgan fingerprint density at radius 1 is 1.52 bits per heavy atom. The molecule has 1 aliphatic carbocycles. The molecule has 0 saturated heterocycles. The van der Waals surface area contributed by atoms with Gasteiger partial charge in [-0.3, -0.25) is 4.79 Å². The summed E-state index contributed by atoms with van der Waals surface area (Å²) in [6.07, 6.45) is 6.19. The molecule has 0 radical (unpaired) electrons. The minimum Gasteiger partial charge on any atom is -0.466 e. The summed E-state index contributed by atoms with van der Waals surface area (Å²) in [6, 6.07) is 3.44. The van der Waals surface area contributed by atoms with Crippen molar-refractivity contribution in [2.24, 2.45) is 5.41 Å². The molecule has 5 nitrogen and oxygen atoms in total. The van der Waals surface area contributed by atoms with Crippen LogP contribution in [0.2, 0.25) is 0 Å². The Morgan fingerprint density at radius 3 is 2.81 bits per heavy atom. The molecule has 1 aromatic heterocycles. The fraction of sp³-hybridized carbons (Fsp3) is 0.688. The molecule has 2 rings (SSSR count). The number of amides is 1. The zero-order valence-electron chi connectivity index (χ0n) is 12.9. The van der Waals surface area contributed by atoms with E-state index in [1.807, 2.05) is 0 Å². The maximum atomic E-state index is 12.6. The summed E-state index contributed by atoms with van der Waals surface area (Å²) in [4.78, 5) is 12.6. The van der Waals surface area contributed by atoms with Gasteiger partial charge in [0.2, 0.25) is 5.91 Å². The molecule has 1 aliphatic rings. The number of ether oxygens (including phenoxy) is 1. The molecule has 1 saturated carbocycles. The van der Waals surface area contributed by atoms with Gasteiger partial charge in [-0.05, 0) is 38.3 Å². The number of hydrogen-bond donors (Lipinski definition) is 2. The first-order valence-electron chi connectivity index (χ1n) is 7.54. The summed E-state index contributed by atoms with van der Waals surface area (Å²) in [7, 11) is 1.66. The van der Waals surface area contributed by atoms with Crippen molar-refractivity contribution in [1.29, 1.82) is 0 Å². The van der Waals surface area contributed by atoms with Crippen LogP contribution in [0.1, 0.15) is 44.8 Å². The van der Waals surface area contributed by atoms with E-state index in [4.69, 9.17) is 9.15 Å². The van der Waals surface area contributed by atoms with Gasteiger partial charge in [-0.15, -0.1) is 0 Å². The first-order chi connectivity index (χ1) is 10.0. The van der Waals surface area contributed by atoms with E-state index in [0.717, 1.165) is 32.1 Å². The predicted octanol–water partition coefficient (Wildman–Crippen LogP) is 2.20. The summed E-state index contributed by atoms with van der Waals surface area (Å²) < 4.78 is 10.4. The van der Waals surface area contributed by atoms with Gasteiger partial charge >= 0.3 is 0 Å². The largest absolute Gasteiger partial charge is 0.466 e. The lowest BCUT2D eigenvalue weighted by atomic mass is 9.81. The van der Waals surface area contributed by atoms with Crippen molar-refractivity contribution in [3.05, 3.63) is 24.2 Å². The quantitative estimate of drug-likeness (QED) is 0.809. The lowest BCUT2D eigenvalue weighted by Gasteiger charge is -2.29. The fourth-order valence-corrected chi connectivity index (χ4v) is 3.05. The second-order valence-electron chi connectivity index (χ2n) is 6.16. The first kappa shape index (κ1) is 16.0. The number of furan rings is 1. The fourth-order valence-electron chi connectivity index (χ4n) is 3.05. The van der Waals surface area contributed by atoms with E-state index in [-0.39, 0.29) is 17.9 Å². The topological polar surface area (TPSA) is 71.7 Å². The van der Waals surface area contributed by atoms with Crippen LogP contribution in [-0.4, -0.2) is 31.3 Å². The zero-order chi connectivity index (χ0) is 15.3. The van der Waals surface area contributed by atoms with Gasteiger partial charge in [0.25, 0.3) is 0 Å². The molecule has 21 heavy (non-hydrogen) atoms. The highest BCUT2D eigenvalue weighted by Crippen LogP contribution is 2.41. The number of aliphatic hydroxyl groups is 1. The molecular weight excluding hydrogens is 270 g/mol. The average molecular weight is 295 g/mol. The highest BCUT2D eigenvalue weighted by molar-refractivity contribution is 5.83. The highest BCUT2D eigenvalue weighted by Gasteiger charge is 2.41. The number of hydrogen-bond acceptors (Lipinski definition) is 4. The van der Waals surface area contributed by atoms with Gasteiger partial charge in [0, 0.05) is 13.7 Å². The Balaban J connectivity index is 1.96. The van der Waals surface area contributed by atoms with Crippen LogP contribution in [-0.2, 0) is 15.1 Å². The molecule has 0 spiro atoms. The van der Waals surface area contributed by atoms with Crippen LogP contribution < -0.4 is 5.32 Å². The van der Waals surface area contributed by atoms with E-state index in [1.54, 1.807) is 26.2 Å². The van der Waals surface area contributed by atoms with Crippen LogP contribution >= 0.6 is 0 Å². The van der Waals surface area contributed by atoms with E-state index >= 15 is 0 Å². The Labute approximate surface area is 125 Å². The van der Waals surface area contributed by atoms with Crippen LogP contribution in [0.4, 0.5) is 0 Å². The van der Waals surface area contributed by atoms with Crippen molar-refractivity contribution in [2.45, 2.75) is 44.6 Å². The number of carbonyl (C=O) groups is 1. The van der Waals surface area contributed by atoms with Gasteiger partial charge in [0.1, 0.15) is 11.4 Å². The summed E-state index contributed by atoms with van der Waals surface area (Å²) >= 11 is 0. The Morgan fingerprint density at radius 2 is 2.24 bits per heavy atom. The molecule has 1 aromatic rings. The maximum Gasteiger partial charge on any atom is 0.226 e. The van der Waals surface area contributed by atoms with Gasteiger partial charge in [0.15, 0.2) is 0 Å². The molecule has 1 unspecified atom stereocenters. The Bertz CT molecular complexity index is 447. The van der Waals surface area contributed by atoms with Crippen LogP contribution in [0.3, 0.4) is 0 Å². The molecule has 1 heterocycles. The second-order valence-corrected chi connectivity index (χ2v) is 6.16. The van der Waals surface area contributed by atoms with Crippen molar-refractivity contribution >= 4 is 5.91 Å². The van der Waals surface area contributed by atoms with Crippen molar-refractivity contribution in [2.75, 3.05) is 20.3 Å². The molecule has 1 fully saturated rings. The minimum atomic E-state index is -1.19. The summed E-state index contributed by atoms with van der Waals surface area (Å²) in [5, 5.41) is 13.3. The van der Waals surface area contributed by atoms with Gasteiger partial charge in [-0.2, -0.15) is 0 Å². The van der Waals surface area contributed by atoms with Gasteiger partial charge in [-0.1, -0.05) is 12.8 Å². The molecule has 5 heteroatoms. The van der Waals surface area contributed by atoms with Crippen molar-refractivity contribution in [3.63, 3.8) is 0 Å². The van der Waals surface area contributed by atoms with Gasteiger partial charge in [-0.25, -0.2) is 0 Å². The van der Waals surface area contributed by atoms with E-state index < -0.39 is 5.60 Å². The molecule has 0 aliphatic heterocycles. The van der Waals surface area contributed by atoms with Gasteiger partial charge in [0.05, 0.1) is 18.2 Å². The van der Waals surface area contributed by atoms with E-state index in [0.29, 0.717) is 12.4 Å². The average Bonchev–Trinajstić information content (AvgIpc) is 3.14. The standard InChI is InChI=1S/C16H25NO4/c1-15(19,13-6-5-10-21-13)12-17-14(18)16(9-11-20-2)7-3-4-8-16/h5-6,10,19H,3-4,7-9,11-12H2,1-2H3,(H,17,18). The molecule has 2 N–H and O–H groups in total. The molecule has 118 valence electrons. The molecular formula is C16H25NO4. The summed E-state index contributed by atoms with van der Waals surface area (Å²) in [6.45, 7) is 2.37. The lowest BCUT2D eigenvalue weighted by molar-refractivity contribution is -0.133. The molecule has 1 atom stereocenters. The SMILES string of the molecule is COCCC1(C(=O)NCC(C)(O)c2ccco2)CCCC1. The zero-order valence-corrected chi connectivity index (χ0v) is 12.9. The summed E-state index contributed by atoms with van der Waals surface area (Å²) in [5.41, 5.74) is -1.53. The van der Waals surface area contributed by atoms with Crippen molar-refractivity contribution in [1.82, 2.24) is 5.32 Å². The normalized spacial score (nSPS) is 20.1. The van der Waals surface area contributed by atoms with Crippen LogP contribution in [0.25, 0.3) is 0 Å². The number of carbonyl (C=O) groups excluding carboxylic acids is 1. The maximum absolute atomic E-state index is 12.6. The van der Waals surface area contributed by atoms with Crippen molar-refractivity contribution < 1.29 is 19.1 Å². The minimum absolute atomic E-state index is 0.0175. The lowest BCUT2D eigenvalue weighted by Crippen LogP contribution is -2.45. The monoisotopic (exact) mass is 295 g/mol. The third-order valence-corrected chi connectivity index (χ3v) is 4.47. The van der Waals surface area contributed by atoms with Crippen molar-refractivity contribution in [3.8, 4) is 0 Å². The van der Waals surface area contributed by atoms with Crippen LogP contribution in [0.15, 0.2) is 22.8 Å². The predicted molar refractivity (Wildman–Crippen MR) is 78.7 cm³/mol. The molecule has 0 aromatic carbocycles. The first-order valence-corrected chi connectivity index (χ1v) is 7.54. The number of rotatable bonds is 7. The number of methoxy groups -OCH3 is 1. The highest BCUT2D eigenvalue weighted by atomic mass is 16.5. The Kier molecular flexibility index (Phi) is 5.06. The van der Waals surface area contributed by atoms with Gasteiger partial charge < -0.3 is 19.6 Å². The summed E-state index contributed by atoms with van der Waals surface area (Å²) in [5.74, 6) is 0.476.